The third-order valence-corrected chi connectivity index (χ3v) is 4.76. The van der Waals surface area contributed by atoms with Gasteiger partial charge in [-0.05, 0) is 26.8 Å². The first kappa shape index (κ1) is 21.2. The number of ether oxygens (including phenoxy) is 2. The van der Waals surface area contributed by atoms with E-state index < -0.39 is 0 Å². The lowest BCUT2D eigenvalue weighted by Gasteiger charge is -2.39. The first-order valence-corrected chi connectivity index (χ1v) is 8.98. The summed E-state index contributed by atoms with van der Waals surface area (Å²) in [6.07, 6.45) is 0.850. The summed E-state index contributed by atoms with van der Waals surface area (Å²) in [6, 6.07) is 8.27. The molecule has 0 spiro atoms. The molecule has 2 heterocycles. The predicted molar refractivity (Wildman–Crippen MR) is 113 cm³/mol. The van der Waals surface area contributed by atoms with Crippen LogP contribution in [-0.4, -0.2) is 49.6 Å². The molecule has 0 radical (unpaired) electrons. The van der Waals surface area contributed by atoms with Gasteiger partial charge in [0.25, 0.3) is 0 Å². The van der Waals surface area contributed by atoms with Crippen LogP contribution < -0.4 is 15.4 Å². The van der Waals surface area contributed by atoms with Crippen molar-refractivity contribution in [3.05, 3.63) is 29.8 Å². The second-order valence-electron chi connectivity index (χ2n) is 7.65. The number of fused-ring (bicyclic) bond motifs is 1. The number of benzene rings is 1. The third-order valence-electron chi connectivity index (χ3n) is 4.76. The molecule has 3 N–H and O–H groups in total. The minimum atomic E-state index is -0.239. The Labute approximate surface area is 172 Å². The molecule has 6 nitrogen and oxygen atoms in total. The molecular weight excluding hydrogens is 445 g/mol. The number of rotatable bonds is 5. The standard InChI is InChI=1S/C19H29N3O3.HI/c1-4-20-17(21-10-19(11-23)12-24-13-19)22-15-9-18(2,3)25-16-8-6-5-7-14(15)16;/h5-8,15,23H,4,9-13H2,1-3H3,(H2,20,21,22);1H. The number of hydrogen-bond donors (Lipinski definition) is 3. The minimum absolute atomic E-state index is 0. The van der Waals surface area contributed by atoms with Crippen LogP contribution in [0, 0.1) is 5.41 Å². The van der Waals surface area contributed by atoms with Gasteiger partial charge in [0.1, 0.15) is 11.4 Å². The van der Waals surface area contributed by atoms with Crippen molar-refractivity contribution in [3.8, 4) is 5.75 Å². The SMILES string of the molecule is CCNC(=NCC1(CO)COC1)NC1CC(C)(C)Oc2ccccc21.I. The summed E-state index contributed by atoms with van der Waals surface area (Å²) in [5.74, 6) is 1.69. The molecule has 7 heteroatoms. The van der Waals surface area contributed by atoms with Crippen LogP contribution in [0.2, 0.25) is 0 Å². The van der Waals surface area contributed by atoms with E-state index in [0.717, 1.165) is 30.2 Å². The van der Waals surface area contributed by atoms with Gasteiger partial charge in [0.05, 0.1) is 37.8 Å². The topological polar surface area (TPSA) is 75.1 Å². The molecular formula is C19H30IN3O3. The lowest BCUT2D eigenvalue weighted by atomic mass is 9.87. The van der Waals surface area contributed by atoms with Gasteiger partial charge in [-0.15, -0.1) is 24.0 Å². The number of aliphatic hydroxyl groups excluding tert-OH is 1. The summed E-state index contributed by atoms with van der Waals surface area (Å²) in [5.41, 5.74) is 0.684. The average Bonchev–Trinajstić information content (AvgIpc) is 2.53. The maximum atomic E-state index is 9.59. The van der Waals surface area contributed by atoms with Crippen LogP contribution in [0.25, 0.3) is 0 Å². The quantitative estimate of drug-likeness (QED) is 0.347. The molecule has 1 aromatic rings. The van der Waals surface area contributed by atoms with Gasteiger partial charge in [-0.3, -0.25) is 4.99 Å². The van der Waals surface area contributed by atoms with E-state index in [1.165, 1.54) is 0 Å². The number of nitrogens with zero attached hydrogens (tertiary/aromatic N) is 1. The van der Waals surface area contributed by atoms with Crippen LogP contribution in [0.4, 0.5) is 0 Å². The van der Waals surface area contributed by atoms with Crippen LogP contribution in [-0.2, 0) is 4.74 Å². The van der Waals surface area contributed by atoms with Crippen LogP contribution in [0.3, 0.4) is 0 Å². The van der Waals surface area contributed by atoms with Crippen molar-refractivity contribution in [2.45, 2.75) is 38.8 Å². The smallest absolute Gasteiger partial charge is 0.191 e. The van der Waals surface area contributed by atoms with Crippen molar-refractivity contribution >= 4 is 29.9 Å². The molecule has 1 aromatic carbocycles. The van der Waals surface area contributed by atoms with Gasteiger partial charge < -0.3 is 25.2 Å². The summed E-state index contributed by atoms with van der Waals surface area (Å²) >= 11 is 0. The Bertz CT molecular complexity index is 627. The summed E-state index contributed by atoms with van der Waals surface area (Å²) in [4.78, 5) is 4.71. The van der Waals surface area contributed by atoms with Gasteiger partial charge >= 0.3 is 0 Å². The largest absolute Gasteiger partial charge is 0.487 e. The number of halogens is 1. The first-order valence-electron chi connectivity index (χ1n) is 8.98. The summed E-state index contributed by atoms with van der Waals surface area (Å²) in [7, 11) is 0. The second kappa shape index (κ2) is 8.75. The number of hydrogen-bond acceptors (Lipinski definition) is 4. The predicted octanol–water partition coefficient (Wildman–Crippen LogP) is 2.47. The van der Waals surface area contributed by atoms with Gasteiger partial charge in [0, 0.05) is 18.5 Å². The number of guanidine groups is 1. The highest BCUT2D eigenvalue weighted by Crippen LogP contribution is 2.39. The zero-order chi connectivity index (χ0) is 17.9. The van der Waals surface area contributed by atoms with Gasteiger partial charge in [0.2, 0.25) is 0 Å². The molecule has 26 heavy (non-hydrogen) atoms. The molecule has 2 aliphatic rings. The Balaban J connectivity index is 0.00000243. The van der Waals surface area contributed by atoms with E-state index >= 15 is 0 Å². The van der Waals surface area contributed by atoms with Crippen molar-refractivity contribution in [2.75, 3.05) is 32.9 Å². The molecule has 0 amide bonds. The van der Waals surface area contributed by atoms with E-state index in [1.807, 2.05) is 25.1 Å². The number of nitrogens with one attached hydrogen (secondary N) is 2. The molecule has 0 aliphatic carbocycles. The Hall–Kier alpha value is -1.06. The molecule has 2 aliphatic heterocycles. The Morgan fingerprint density at radius 1 is 1.31 bits per heavy atom. The number of para-hydroxylation sites is 1. The maximum absolute atomic E-state index is 9.59. The minimum Gasteiger partial charge on any atom is -0.487 e. The van der Waals surface area contributed by atoms with E-state index in [0.29, 0.717) is 19.8 Å². The third kappa shape index (κ3) is 4.80. The molecule has 1 atom stereocenters. The zero-order valence-corrected chi connectivity index (χ0v) is 18.1. The molecule has 146 valence electrons. The zero-order valence-electron chi connectivity index (χ0n) is 15.7. The van der Waals surface area contributed by atoms with Crippen LogP contribution in [0.5, 0.6) is 5.75 Å². The number of aliphatic imine (C=N–C) groups is 1. The highest BCUT2D eigenvalue weighted by Gasteiger charge is 2.38. The Morgan fingerprint density at radius 3 is 2.65 bits per heavy atom. The van der Waals surface area contributed by atoms with E-state index in [1.54, 1.807) is 0 Å². The fraction of sp³-hybridized carbons (Fsp3) is 0.632. The fourth-order valence-electron chi connectivity index (χ4n) is 3.29. The van der Waals surface area contributed by atoms with E-state index in [4.69, 9.17) is 14.5 Å². The molecule has 0 aromatic heterocycles. The Kier molecular flexibility index (Phi) is 7.15. The van der Waals surface area contributed by atoms with Crippen LogP contribution in [0.15, 0.2) is 29.3 Å². The molecule has 1 saturated heterocycles. The van der Waals surface area contributed by atoms with Gasteiger partial charge in [-0.1, -0.05) is 18.2 Å². The Morgan fingerprint density at radius 2 is 2.04 bits per heavy atom. The van der Waals surface area contributed by atoms with Crippen molar-refractivity contribution in [1.29, 1.82) is 0 Å². The molecule has 1 fully saturated rings. The monoisotopic (exact) mass is 475 g/mol. The van der Waals surface area contributed by atoms with Crippen molar-refractivity contribution in [3.63, 3.8) is 0 Å². The number of aliphatic hydroxyl groups is 1. The lowest BCUT2D eigenvalue weighted by molar-refractivity contribution is -0.130. The molecule has 1 unspecified atom stereocenters. The fourth-order valence-corrected chi connectivity index (χ4v) is 3.29. The highest BCUT2D eigenvalue weighted by atomic mass is 127. The molecule has 3 rings (SSSR count). The molecule has 0 bridgehead atoms. The van der Waals surface area contributed by atoms with Crippen molar-refractivity contribution < 1.29 is 14.6 Å². The summed E-state index contributed by atoms with van der Waals surface area (Å²) in [5, 5.41) is 16.5. The first-order chi connectivity index (χ1) is 12.0. The average molecular weight is 475 g/mol. The van der Waals surface area contributed by atoms with E-state index in [-0.39, 0.29) is 47.6 Å². The second-order valence-corrected chi connectivity index (χ2v) is 7.65. The van der Waals surface area contributed by atoms with Crippen molar-refractivity contribution in [2.24, 2.45) is 10.4 Å². The van der Waals surface area contributed by atoms with Gasteiger partial charge in [-0.2, -0.15) is 0 Å². The van der Waals surface area contributed by atoms with Crippen molar-refractivity contribution in [1.82, 2.24) is 10.6 Å². The lowest BCUT2D eigenvalue weighted by Crippen LogP contribution is -2.50. The van der Waals surface area contributed by atoms with E-state index in [2.05, 4.69) is 30.5 Å². The molecule has 0 saturated carbocycles. The maximum Gasteiger partial charge on any atom is 0.191 e. The van der Waals surface area contributed by atoms with Crippen LogP contribution in [0.1, 0.15) is 38.8 Å². The normalized spacial score (nSPS) is 22.9. The van der Waals surface area contributed by atoms with E-state index in [9.17, 15) is 5.11 Å². The van der Waals surface area contributed by atoms with Gasteiger partial charge in [0.15, 0.2) is 5.96 Å². The summed E-state index contributed by atoms with van der Waals surface area (Å²) < 4.78 is 11.4. The highest BCUT2D eigenvalue weighted by molar-refractivity contribution is 14.0. The summed E-state index contributed by atoms with van der Waals surface area (Å²) in [6.45, 7) is 8.83. The van der Waals surface area contributed by atoms with Crippen LogP contribution >= 0.6 is 24.0 Å². The van der Waals surface area contributed by atoms with Gasteiger partial charge in [-0.25, -0.2) is 0 Å².